The van der Waals surface area contributed by atoms with Gasteiger partial charge in [0.2, 0.25) is 0 Å². The zero-order chi connectivity index (χ0) is 12.1. The van der Waals surface area contributed by atoms with E-state index in [1.54, 1.807) is 0 Å². The molecule has 1 heterocycles. The van der Waals surface area contributed by atoms with Gasteiger partial charge in [0, 0.05) is 19.1 Å². The van der Waals surface area contributed by atoms with Gasteiger partial charge in [0.15, 0.2) is 0 Å². The minimum atomic E-state index is -0.678. The van der Waals surface area contributed by atoms with Crippen LogP contribution in [0.3, 0.4) is 0 Å². The third kappa shape index (κ3) is 2.95. The number of carbonyl (C=O) groups is 1. The van der Waals surface area contributed by atoms with Crippen LogP contribution >= 0.6 is 0 Å². The summed E-state index contributed by atoms with van der Waals surface area (Å²) in [5.41, 5.74) is 0. The maximum Gasteiger partial charge on any atom is 0.320 e. The maximum absolute atomic E-state index is 11.1. The number of carboxylic acid groups (broad SMARTS) is 1. The van der Waals surface area contributed by atoms with Gasteiger partial charge < -0.3 is 5.11 Å². The Morgan fingerprint density at radius 3 is 2.50 bits per heavy atom. The molecule has 16 heavy (non-hydrogen) atoms. The molecule has 1 fully saturated rings. The molecule has 0 aromatic carbocycles. The van der Waals surface area contributed by atoms with E-state index in [1.165, 1.54) is 0 Å². The summed E-state index contributed by atoms with van der Waals surface area (Å²) in [6, 6.07) is 0.254. The highest BCUT2D eigenvalue weighted by Gasteiger charge is 2.32. The monoisotopic (exact) mass is 228 g/mol. The summed E-state index contributed by atoms with van der Waals surface area (Å²) in [6.45, 7) is 10.2. The van der Waals surface area contributed by atoms with E-state index in [-0.39, 0.29) is 6.04 Å². The van der Waals surface area contributed by atoms with Gasteiger partial charge in [-0.3, -0.25) is 14.6 Å². The molecule has 94 valence electrons. The van der Waals surface area contributed by atoms with Crippen molar-refractivity contribution >= 4 is 5.97 Å². The van der Waals surface area contributed by atoms with Gasteiger partial charge in [-0.1, -0.05) is 20.8 Å². The standard InChI is InChI=1S/C12H24N2O2/c1-4-11(12(15)16)14-8-7-10(9-14)13(5-2)6-3/h10-11H,4-9H2,1-3H3,(H,15,16). The molecule has 1 aliphatic rings. The van der Waals surface area contributed by atoms with Crippen LogP contribution in [-0.4, -0.2) is 59.1 Å². The van der Waals surface area contributed by atoms with Gasteiger partial charge in [-0.05, 0) is 25.9 Å². The number of nitrogens with zero attached hydrogens (tertiary/aromatic N) is 2. The van der Waals surface area contributed by atoms with Gasteiger partial charge in [-0.25, -0.2) is 0 Å². The number of rotatable bonds is 6. The molecule has 2 atom stereocenters. The van der Waals surface area contributed by atoms with Crippen molar-refractivity contribution < 1.29 is 9.90 Å². The van der Waals surface area contributed by atoms with Crippen LogP contribution in [-0.2, 0) is 4.79 Å². The smallest absolute Gasteiger partial charge is 0.320 e. The minimum absolute atomic E-state index is 0.291. The van der Waals surface area contributed by atoms with Gasteiger partial charge in [-0.15, -0.1) is 0 Å². The average Bonchev–Trinajstić information content (AvgIpc) is 2.70. The Bertz CT molecular complexity index is 229. The lowest BCUT2D eigenvalue weighted by Gasteiger charge is -2.27. The largest absolute Gasteiger partial charge is 0.480 e. The first kappa shape index (κ1) is 13.5. The lowest BCUT2D eigenvalue weighted by Crippen LogP contribution is -2.42. The average molecular weight is 228 g/mol. The second kappa shape index (κ2) is 6.21. The van der Waals surface area contributed by atoms with Crippen LogP contribution in [0.5, 0.6) is 0 Å². The number of carboxylic acids is 1. The van der Waals surface area contributed by atoms with Crippen LogP contribution < -0.4 is 0 Å². The molecule has 4 heteroatoms. The van der Waals surface area contributed by atoms with Gasteiger partial charge in [0.1, 0.15) is 6.04 Å². The molecule has 1 saturated heterocycles. The molecule has 0 amide bonds. The Morgan fingerprint density at radius 2 is 2.06 bits per heavy atom. The van der Waals surface area contributed by atoms with E-state index in [2.05, 4.69) is 23.6 Å². The molecule has 2 unspecified atom stereocenters. The highest BCUT2D eigenvalue weighted by atomic mass is 16.4. The fourth-order valence-electron chi connectivity index (χ4n) is 2.68. The fourth-order valence-corrected chi connectivity index (χ4v) is 2.68. The van der Waals surface area contributed by atoms with Crippen molar-refractivity contribution in [3.8, 4) is 0 Å². The van der Waals surface area contributed by atoms with Crippen molar-refractivity contribution in [3.05, 3.63) is 0 Å². The Balaban J connectivity index is 2.53. The summed E-state index contributed by atoms with van der Waals surface area (Å²) in [7, 11) is 0. The first-order valence-corrected chi connectivity index (χ1v) is 6.34. The van der Waals surface area contributed by atoms with Crippen LogP contribution in [0.4, 0.5) is 0 Å². The molecule has 0 aromatic rings. The minimum Gasteiger partial charge on any atom is -0.480 e. The molecule has 1 aliphatic heterocycles. The van der Waals surface area contributed by atoms with E-state index in [4.69, 9.17) is 5.11 Å². The van der Waals surface area contributed by atoms with Crippen molar-refractivity contribution in [2.24, 2.45) is 0 Å². The van der Waals surface area contributed by atoms with E-state index in [1.807, 2.05) is 6.92 Å². The third-order valence-electron chi connectivity index (χ3n) is 3.64. The zero-order valence-corrected chi connectivity index (χ0v) is 10.6. The van der Waals surface area contributed by atoms with Gasteiger partial charge >= 0.3 is 5.97 Å². The molecular formula is C12H24N2O2. The van der Waals surface area contributed by atoms with Gasteiger partial charge in [0.25, 0.3) is 0 Å². The first-order chi connectivity index (χ1) is 7.63. The highest BCUT2D eigenvalue weighted by Crippen LogP contribution is 2.19. The molecule has 1 N–H and O–H groups in total. The van der Waals surface area contributed by atoms with E-state index >= 15 is 0 Å². The number of likely N-dealkylation sites (N-methyl/N-ethyl adjacent to an activating group) is 1. The van der Waals surface area contributed by atoms with Crippen LogP contribution in [0, 0.1) is 0 Å². The van der Waals surface area contributed by atoms with Crippen molar-refractivity contribution in [1.29, 1.82) is 0 Å². The summed E-state index contributed by atoms with van der Waals surface area (Å²) in [4.78, 5) is 15.6. The second-order valence-electron chi connectivity index (χ2n) is 4.42. The lowest BCUT2D eigenvalue weighted by atomic mass is 10.2. The Kier molecular flexibility index (Phi) is 5.22. The number of hydrogen-bond donors (Lipinski definition) is 1. The summed E-state index contributed by atoms with van der Waals surface area (Å²) in [5, 5.41) is 9.12. The van der Waals surface area contributed by atoms with E-state index in [0.29, 0.717) is 12.5 Å². The quantitative estimate of drug-likeness (QED) is 0.743. The second-order valence-corrected chi connectivity index (χ2v) is 4.42. The van der Waals surface area contributed by atoms with Crippen molar-refractivity contribution in [3.63, 3.8) is 0 Å². The van der Waals surface area contributed by atoms with E-state index in [9.17, 15) is 4.79 Å². The topological polar surface area (TPSA) is 43.8 Å². The molecular weight excluding hydrogens is 204 g/mol. The first-order valence-electron chi connectivity index (χ1n) is 6.34. The molecule has 4 nitrogen and oxygen atoms in total. The van der Waals surface area contributed by atoms with Crippen molar-refractivity contribution in [2.75, 3.05) is 26.2 Å². The lowest BCUT2D eigenvalue weighted by molar-refractivity contribution is -0.143. The fraction of sp³-hybridized carbons (Fsp3) is 0.917. The SMILES string of the molecule is CCC(C(=O)O)N1CCC(N(CC)CC)C1. The van der Waals surface area contributed by atoms with Crippen molar-refractivity contribution in [2.45, 2.75) is 45.7 Å². The predicted octanol–water partition coefficient (Wildman–Crippen LogP) is 1.27. The van der Waals surface area contributed by atoms with Crippen molar-refractivity contribution in [1.82, 2.24) is 9.80 Å². The normalized spacial score (nSPS) is 23.9. The Hall–Kier alpha value is -0.610. The van der Waals surface area contributed by atoms with Crippen LogP contribution in [0.25, 0.3) is 0 Å². The molecule has 1 rings (SSSR count). The predicted molar refractivity (Wildman–Crippen MR) is 64.6 cm³/mol. The summed E-state index contributed by atoms with van der Waals surface area (Å²) < 4.78 is 0. The molecule has 0 spiro atoms. The molecule has 0 saturated carbocycles. The summed E-state index contributed by atoms with van der Waals surface area (Å²) in [6.07, 6.45) is 1.80. The summed E-state index contributed by atoms with van der Waals surface area (Å²) >= 11 is 0. The van der Waals surface area contributed by atoms with Crippen LogP contribution in [0.1, 0.15) is 33.6 Å². The maximum atomic E-state index is 11.1. The Morgan fingerprint density at radius 1 is 1.44 bits per heavy atom. The number of hydrogen-bond acceptors (Lipinski definition) is 3. The third-order valence-corrected chi connectivity index (χ3v) is 3.64. The number of likely N-dealkylation sites (tertiary alicyclic amines) is 1. The molecule has 0 aromatic heterocycles. The highest BCUT2D eigenvalue weighted by molar-refractivity contribution is 5.73. The zero-order valence-electron chi connectivity index (χ0n) is 10.6. The van der Waals surface area contributed by atoms with Gasteiger partial charge in [0.05, 0.1) is 0 Å². The Labute approximate surface area is 98.2 Å². The van der Waals surface area contributed by atoms with E-state index in [0.717, 1.165) is 32.6 Å². The van der Waals surface area contributed by atoms with Crippen LogP contribution in [0.2, 0.25) is 0 Å². The van der Waals surface area contributed by atoms with Crippen LogP contribution in [0.15, 0.2) is 0 Å². The van der Waals surface area contributed by atoms with Gasteiger partial charge in [-0.2, -0.15) is 0 Å². The molecule has 0 radical (unpaired) electrons. The summed E-state index contributed by atoms with van der Waals surface area (Å²) in [5.74, 6) is -0.678. The molecule has 0 aliphatic carbocycles. The number of aliphatic carboxylic acids is 1. The van der Waals surface area contributed by atoms with E-state index < -0.39 is 5.97 Å². The molecule has 0 bridgehead atoms.